The first-order valence-electron chi connectivity index (χ1n) is 8.31. The number of hydrogen-bond donors (Lipinski definition) is 2. The molecular weight excluding hydrogens is 335 g/mol. The summed E-state index contributed by atoms with van der Waals surface area (Å²) < 4.78 is 18.5. The molecule has 0 spiro atoms. The van der Waals surface area contributed by atoms with E-state index in [0.717, 1.165) is 29.0 Å². The monoisotopic (exact) mass is 354 g/mol. The van der Waals surface area contributed by atoms with Gasteiger partial charge >= 0.3 is 5.97 Å². The quantitative estimate of drug-likeness (QED) is 0.656. The number of esters is 1. The number of anilines is 1. The zero-order chi connectivity index (χ0) is 18.5. The number of halogens is 1. The Kier molecular flexibility index (Phi) is 5.31. The van der Waals surface area contributed by atoms with Gasteiger partial charge < -0.3 is 15.0 Å². The van der Waals surface area contributed by atoms with Crippen LogP contribution in [-0.2, 0) is 16.0 Å². The van der Waals surface area contributed by atoms with Crippen molar-refractivity contribution < 1.29 is 18.7 Å². The Hall–Kier alpha value is -3.15. The number of carbonyl (C=O) groups is 2. The molecule has 6 heteroatoms. The van der Waals surface area contributed by atoms with Crippen LogP contribution in [0.5, 0.6) is 0 Å². The highest BCUT2D eigenvalue weighted by Crippen LogP contribution is 2.20. The lowest BCUT2D eigenvalue weighted by Crippen LogP contribution is -2.13. The molecule has 2 N–H and O–H groups in total. The normalized spacial score (nSPS) is 10.7. The van der Waals surface area contributed by atoms with Crippen LogP contribution in [0.2, 0.25) is 0 Å². The number of methoxy groups -OCH3 is 1. The summed E-state index contributed by atoms with van der Waals surface area (Å²) in [5.74, 6) is -1.56. The lowest BCUT2D eigenvalue weighted by Gasteiger charge is -2.07. The van der Waals surface area contributed by atoms with Gasteiger partial charge in [-0.25, -0.2) is 9.18 Å². The van der Waals surface area contributed by atoms with Crippen LogP contribution in [0.25, 0.3) is 10.9 Å². The van der Waals surface area contributed by atoms with Crippen LogP contribution in [0.4, 0.5) is 10.1 Å². The second-order valence-electron chi connectivity index (χ2n) is 5.95. The number of H-pyrrole nitrogens is 1. The third-order valence-corrected chi connectivity index (χ3v) is 4.19. The summed E-state index contributed by atoms with van der Waals surface area (Å²) in [7, 11) is 1.23. The summed E-state index contributed by atoms with van der Waals surface area (Å²) in [5, 5.41) is 3.69. The highest BCUT2D eigenvalue weighted by molar-refractivity contribution is 5.93. The van der Waals surface area contributed by atoms with Crippen molar-refractivity contribution in [2.75, 3.05) is 12.4 Å². The minimum absolute atomic E-state index is 0.0507. The standard InChI is InChI=1S/C20H19FN2O3/c1-26-20(25)13-9-10-18(16(21)11-13)23-19(24)8-4-5-14-12-22-17-7-3-2-6-15(14)17/h2-3,6-7,9-12,22H,4-5,8H2,1H3,(H,23,24). The number of amides is 1. The number of hydrogen-bond acceptors (Lipinski definition) is 3. The highest BCUT2D eigenvalue weighted by Gasteiger charge is 2.12. The molecule has 3 aromatic rings. The van der Waals surface area contributed by atoms with Crippen LogP contribution < -0.4 is 5.32 Å². The molecule has 134 valence electrons. The van der Waals surface area contributed by atoms with Crippen LogP contribution in [0.3, 0.4) is 0 Å². The fourth-order valence-electron chi connectivity index (χ4n) is 2.85. The summed E-state index contributed by atoms with van der Waals surface area (Å²) in [4.78, 5) is 26.6. The molecule has 26 heavy (non-hydrogen) atoms. The van der Waals surface area contributed by atoms with E-state index in [-0.39, 0.29) is 23.6 Å². The van der Waals surface area contributed by atoms with Gasteiger partial charge in [0.15, 0.2) is 0 Å². The number of benzene rings is 2. The maximum absolute atomic E-state index is 14.0. The average Bonchev–Trinajstić information content (AvgIpc) is 3.06. The van der Waals surface area contributed by atoms with Crippen molar-refractivity contribution in [3.63, 3.8) is 0 Å². The highest BCUT2D eigenvalue weighted by atomic mass is 19.1. The average molecular weight is 354 g/mol. The van der Waals surface area contributed by atoms with E-state index in [1.54, 1.807) is 0 Å². The van der Waals surface area contributed by atoms with Gasteiger partial charge in [-0.2, -0.15) is 0 Å². The van der Waals surface area contributed by atoms with E-state index in [1.807, 2.05) is 30.5 Å². The van der Waals surface area contributed by atoms with Crippen molar-refractivity contribution in [1.82, 2.24) is 4.98 Å². The minimum atomic E-state index is -0.669. The number of rotatable bonds is 6. The fourth-order valence-corrected chi connectivity index (χ4v) is 2.85. The van der Waals surface area contributed by atoms with Crippen LogP contribution in [-0.4, -0.2) is 24.0 Å². The molecule has 0 atom stereocenters. The maximum Gasteiger partial charge on any atom is 0.337 e. The number of nitrogens with one attached hydrogen (secondary N) is 2. The van der Waals surface area contributed by atoms with Crippen LogP contribution in [0.15, 0.2) is 48.7 Å². The summed E-state index contributed by atoms with van der Waals surface area (Å²) in [5.41, 5.74) is 2.37. The Morgan fingerprint density at radius 1 is 1.19 bits per heavy atom. The second kappa shape index (κ2) is 7.82. The van der Waals surface area contributed by atoms with Gasteiger partial charge in [-0.1, -0.05) is 18.2 Å². The van der Waals surface area contributed by atoms with Crippen LogP contribution in [0, 0.1) is 5.82 Å². The van der Waals surface area contributed by atoms with Crippen LogP contribution in [0.1, 0.15) is 28.8 Å². The molecule has 0 fully saturated rings. The van der Waals surface area contributed by atoms with E-state index in [0.29, 0.717) is 6.42 Å². The molecule has 0 unspecified atom stereocenters. The molecule has 0 saturated heterocycles. The first-order chi connectivity index (χ1) is 12.6. The van der Waals surface area contributed by atoms with Gasteiger partial charge in [-0.15, -0.1) is 0 Å². The van der Waals surface area contributed by atoms with Gasteiger partial charge in [0.2, 0.25) is 5.91 Å². The molecule has 0 aliphatic heterocycles. The van der Waals surface area contributed by atoms with E-state index >= 15 is 0 Å². The predicted molar refractivity (Wildman–Crippen MR) is 97.6 cm³/mol. The van der Waals surface area contributed by atoms with E-state index < -0.39 is 11.8 Å². The molecule has 0 aliphatic rings. The van der Waals surface area contributed by atoms with Crippen molar-refractivity contribution in [1.29, 1.82) is 0 Å². The van der Waals surface area contributed by atoms with Gasteiger partial charge in [0.25, 0.3) is 0 Å². The number of para-hydroxylation sites is 1. The van der Waals surface area contributed by atoms with Gasteiger partial charge in [-0.05, 0) is 42.7 Å². The summed E-state index contributed by atoms with van der Waals surface area (Å²) in [6.07, 6.45) is 3.63. The predicted octanol–water partition coefficient (Wildman–Crippen LogP) is 4.06. The third kappa shape index (κ3) is 3.91. The zero-order valence-electron chi connectivity index (χ0n) is 14.3. The number of carbonyl (C=O) groups excluding carboxylic acids is 2. The Bertz CT molecular complexity index is 949. The van der Waals surface area contributed by atoms with E-state index in [4.69, 9.17) is 0 Å². The Morgan fingerprint density at radius 2 is 2.00 bits per heavy atom. The van der Waals surface area contributed by atoms with E-state index in [9.17, 15) is 14.0 Å². The first kappa shape index (κ1) is 17.7. The fraction of sp³-hybridized carbons (Fsp3) is 0.200. The van der Waals surface area contributed by atoms with Crippen molar-refractivity contribution >= 4 is 28.5 Å². The minimum Gasteiger partial charge on any atom is -0.465 e. The Balaban J connectivity index is 1.55. The van der Waals surface area contributed by atoms with Crippen molar-refractivity contribution in [3.05, 3.63) is 65.6 Å². The Labute approximate surface area is 150 Å². The number of fused-ring (bicyclic) bond motifs is 1. The van der Waals surface area contributed by atoms with Crippen molar-refractivity contribution in [2.45, 2.75) is 19.3 Å². The van der Waals surface area contributed by atoms with Crippen LogP contribution >= 0.6 is 0 Å². The largest absolute Gasteiger partial charge is 0.465 e. The summed E-state index contributed by atoms with van der Waals surface area (Å²) in [6.45, 7) is 0. The molecule has 2 aromatic carbocycles. The van der Waals surface area contributed by atoms with E-state index in [1.165, 1.54) is 19.2 Å². The van der Waals surface area contributed by atoms with Gasteiger partial charge in [-0.3, -0.25) is 4.79 Å². The molecular formula is C20H19FN2O3. The first-order valence-corrected chi connectivity index (χ1v) is 8.31. The van der Waals surface area contributed by atoms with Crippen molar-refractivity contribution in [3.8, 4) is 0 Å². The number of ether oxygens (including phenoxy) is 1. The Morgan fingerprint density at radius 3 is 2.77 bits per heavy atom. The lowest BCUT2D eigenvalue weighted by molar-refractivity contribution is -0.116. The molecule has 3 rings (SSSR count). The second-order valence-corrected chi connectivity index (χ2v) is 5.95. The zero-order valence-corrected chi connectivity index (χ0v) is 14.3. The SMILES string of the molecule is COC(=O)c1ccc(NC(=O)CCCc2c[nH]c3ccccc23)c(F)c1. The summed E-state index contributed by atoms with van der Waals surface area (Å²) >= 11 is 0. The molecule has 1 aromatic heterocycles. The maximum atomic E-state index is 14.0. The lowest BCUT2D eigenvalue weighted by atomic mass is 10.1. The number of aromatic amines is 1. The smallest absolute Gasteiger partial charge is 0.337 e. The molecule has 1 heterocycles. The van der Waals surface area contributed by atoms with Gasteiger partial charge in [0, 0.05) is 23.5 Å². The number of aryl methyl sites for hydroxylation is 1. The topological polar surface area (TPSA) is 71.2 Å². The molecule has 5 nitrogen and oxygen atoms in total. The van der Waals surface area contributed by atoms with Crippen molar-refractivity contribution in [2.24, 2.45) is 0 Å². The summed E-state index contributed by atoms with van der Waals surface area (Å²) in [6, 6.07) is 11.8. The molecule has 1 amide bonds. The molecule has 0 saturated carbocycles. The third-order valence-electron chi connectivity index (χ3n) is 4.19. The molecule has 0 bridgehead atoms. The van der Waals surface area contributed by atoms with Gasteiger partial charge in [0.1, 0.15) is 5.82 Å². The number of aromatic nitrogens is 1. The molecule has 0 radical (unpaired) electrons. The van der Waals surface area contributed by atoms with E-state index in [2.05, 4.69) is 15.0 Å². The molecule has 0 aliphatic carbocycles. The van der Waals surface area contributed by atoms with Gasteiger partial charge in [0.05, 0.1) is 18.4 Å².